The van der Waals surface area contributed by atoms with Crippen molar-refractivity contribution in [1.29, 1.82) is 0 Å². The largest absolute Gasteiger partial charge is 0.353 e. The van der Waals surface area contributed by atoms with Crippen LogP contribution in [0.4, 0.5) is 0 Å². The lowest BCUT2D eigenvalue weighted by Crippen LogP contribution is -2.45. The molecule has 1 aliphatic heterocycles. The van der Waals surface area contributed by atoms with Gasteiger partial charge in [0.2, 0.25) is 11.8 Å². The molecule has 0 radical (unpaired) electrons. The monoisotopic (exact) mass is 316 g/mol. The van der Waals surface area contributed by atoms with Crippen molar-refractivity contribution in [2.45, 2.75) is 52.5 Å². The first-order valence-electron chi connectivity index (χ1n) is 8.63. The van der Waals surface area contributed by atoms with Gasteiger partial charge in [-0.05, 0) is 38.7 Å². The van der Waals surface area contributed by atoms with Crippen molar-refractivity contribution in [1.82, 2.24) is 10.2 Å². The van der Waals surface area contributed by atoms with Crippen molar-refractivity contribution in [2.75, 3.05) is 13.1 Å². The van der Waals surface area contributed by atoms with Crippen molar-refractivity contribution in [3.05, 3.63) is 35.4 Å². The summed E-state index contributed by atoms with van der Waals surface area (Å²) in [5.74, 6) is 0.354. The van der Waals surface area contributed by atoms with Crippen LogP contribution in [0.5, 0.6) is 0 Å². The maximum atomic E-state index is 12.4. The van der Waals surface area contributed by atoms with Gasteiger partial charge in [-0.1, -0.05) is 36.8 Å². The second-order valence-corrected chi connectivity index (χ2v) is 6.64. The van der Waals surface area contributed by atoms with Crippen LogP contribution in [-0.4, -0.2) is 35.8 Å². The van der Waals surface area contributed by atoms with Crippen molar-refractivity contribution < 1.29 is 9.59 Å². The fraction of sp³-hybridized carbons (Fsp3) is 0.579. The molecule has 23 heavy (non-hydrogen) atoms. The summed E-state index contributed by atoms with van der Waals surface area (Å²) in [6.07, 6.45) is 2.92. The van der Waals surface area contributed by atoms with Crippen molar-refractivity contribution >= 4 is 11.8 Å². The van der Waals surface area contributed by atoms with E-state index < -0.39 is 0 Å². The van der Waals surface area contributed by atoms with Crippen LogP contribution in [0.2, 0.25) is 0 Å². The Morgan fingerprint density at radius 1 is 1.22 bits per heavy atom. The predicted octanol–water partition coefficient (Wildman–Crippen LogP) is 2.69. The number of carbonyl (C=O) groups excluding carboxylic acids is 2. The molecule has 1 atom stereocenters. The lowest BCUT2D eigenvalue weighted by molar-refractivity contribution is -0.135. The van der Waals surface area contributed by atoms with Crippen LogP contribution < -0.4 is 5.32 Å². The summed E-state index contributed by atoms with van der Waals surface area (Å²) in [5, 5.41) is 3.05. The van der Waals surface area contributed by atoms with Gasteiger partial charge in [0.05, 0.1) is 6.42 Å². The maximum absolute atomic E-state index is 12.4. The minimum atomic E-state index is 0.0485. The molecule has 2 rings (SSSR count). The zero-order valence-electron chi connectivity index (χ0n) is 14.5. The Bertz CT molecular complexity index is 531. The number of likely N-dealkylation sites (tertiary alicyclic amines) is 1. The number of aryl methyl sites for hydroxylation is 1. The average molecular weight is 316 g/mol. The quantitative estimate of drug-likeness (QED) is 0.908. The fourth-order valence-corrected chi connectivity index (χ4v) is 2.85. The van der Waals surface area contributed by atoms with Crippen LogP contribution in [0, 0.1) is 12.8 Å². The first-order chi connectivity index (χ1) is 11.0. The smallest absolute Gasteiger partial charge is 0.226 e. The molecule has 1 N–H and O–H groups in total. The zero-order valence-corrected chi connectivity index (χ0v) is 14.5. The Labute approximate surface area is 139 Å². The van der Waals surface area contributed by atoms with Gasteiger partial charge in [-0.3, -0.25) is 9.59 Å². The molecule has 0 saturated carbocycles. The van der Waals surface area contributed by atoms with Gasteiger partial charge in [-0.25, -0.2) is 0 Å². The van der Waals surface area contributed by atoms with Gasteiger partial charge in [-0.2, -0.15) is 0 Å². The standard InChI is InChI=1S/C19H28N2O2/c1-4-15(3)20-19(23)17-9-11-21(12-10-17)18(22)13-16-7-5-14(2)6-8-16/h5-8,15,17H,4,9-13H2,1-3H3,(H,20,23). The number of piperidine rings is 1. The number of hydrogen-bond acceptors (Lipinski definition) is 2. The highest BCUT2D eigenvalue weighted by molar-refractivity contribution is 5.81. The lowest BCUT2D eigenvalue weighted by atomic mass is 9.95. The third-order valence-electron chi connectivity index (χ3n) is 4.70. The van der Waals surface area contributed by atoms with Crippen LogP contribution in [0.15, 0.2) is 24.3 Å². The highest BCUT2D eigenvalue weighted by atomic mass is 16.2. The summed E-state index contributed by atoms with van der Waals surface area (Å²) in [5.41, 5.74) is 2.26. The van der Waals surface area contributed by atoms with E-state index in [2.05, 4.69) is 12.2 Å². The van der Waals surface area contributed by atoms with E-state index in [0.29, 0.717) is 19.5 Å². The summed E-state index contributed by atoms with van der Waals surface area (Å²) in [6, 6.07) is 8.32. The SMILES string of the molecule is CCC(C)NC(=O)C1CCN(C(=O)Cc2ccc(C)cc2)CC1. The third kappa shape index (κ3) is 5.08. The first-order valence-corrected chi connectivity index (χ1v) is 8.63. The predicted molar refractivity (Wildman–Crippen MR) is 92.1 cm³/mol. The molecular formula is C19H28N2O2. The summed E-state index contributed by atoms with van der Waals surface area (Å²) < 4.78 is 0. The van der Waals surface area contributed by atoms with E-state index in [1.807, 2.05) is 43.0 Å². The summed E-state index contributed by atoms with van der Waals surface area (Å²) in [6.45, 7) is 7.50. The molecule has 0 bridgehead atoms. The van der Waals surface area contributed by atoms with E-state index in [4.69, 9.17) is 0 Å². The molecule has 0 aliphatic carbocycles. The van der Waals surface area contributed by atoms with Crippen LogP contribution in [0.1, 0.15) is 44.2 Å². The molecule has 0 spiro atoms. The number of hydrogen-bond donors (Lipinski definition) is 1. The van der Waals surface area contributed by atoms with Gasteiger partial charge in [0.1, 0.15) is 0 Å². The van der Waals surface area contributed by atoms with Gasteiger partial charge in [-0.15, -0.1) is 0 Å². The molecule has 2 amide bonds. The van der Waals surface area contributed by atoms with E-state index in [-0.39, 0.29) is 23.8 Å². The lowest BCUT2D eigenvalue weighted by Gasteiger charge is -2.32. The number of amides is 2. The third-order valence-corrected chi connectivity index (χ3v) is 4.70. The molecule has 1 saturated heterocycles. The summed E-state index contributed by atoms with van der Waals surface area (Å²) >= 11 is 0. The summed E-state index contributed by atoms with van der Waals surface area (Å²) in [7, 11) is 0. The van der Waals surface area contributed by atoms with Crippen LogP contribution >= 0.6 is 0 Å². The van der Waals surface area contributed by atoms with Crippen LogP contribution in [-0.2, 0) is 16.0 Å². The number of nitrogens with one attached hydrogen (secondary N) is 1. The molecule has 1 aromatic rings. The number of carbonyl (C=O) groups is 2. The maximum Gasteiger partial charge on any atom is 0.226 e. The highest BCUT2D eigenvalue weighted by Gasteiger charge is 2.27. The Morgan fingerprint density at radius 3 is 2.39 bits per heavy atom. The molecule has 4 heteroatoms. The van der Waals surface area contributed by atoms with Crippen LogP contribution in [0.25, 0.3) is 0 Å². The normalized spacial score (nSPS) is 16.9. The van der Waals surface area contributed by atoms with Gasteiger partial charge in [0.25, 0.3) is 0 Å². The van der Waals surface area contributed by atoms with Crippen molar-refractivity contribution in [3.8, 4) is 0 Å². The molecule has 1 unspecified atom stereocenters. The van der Waals surface area contributed by atoms with E-state index in [1.165, 1.54) is 5.56 Å². The number of benzene rings is 1. The van der Waals surface area contributed by atoms with Gasteiger partial charge >= 0.3 is 0 Å². The zero-order chi connectivity index (χ0) is 16.8. The second kappa shape index (κ2) is 8.14. The highest BCUT2D eigenvalue weighted by Crippen LogP contribution is 2.19. The molecule has 1 aromatic carbocycles. The topological polar surface area (TPSA) is 49.4 Å². The molecule has 126 valence electrons. The molecule has 0 aromatic heterocycles. The van der Waals surface area contributed by atoms with Gasteiger partial charge in [0.15, 0.2) is 0 Å². The summed E-state index contributed by atoms with van der Waals surface area (Å²) in [4.78, 5) is 26.4. The van der Waals surface area contributed by atoms with Crippen LogP contribution in [0.3, 0.4) is 0 Å². The molecule has 1 aliphatic rings. The van der Waals surface area contributed by atoms with E-state index in [9.17, 15) is 9.59 Å². The Kier molecular flexibility index (Phi) is 6.20. The minimum absolute atomic E-state index is 0.0485. The van der Waals surface area contributed by atoms with Gasteiger partial charge < -0.3 is 10.2 Å². The van der Waals surface area contributed by atoms with E-state index in [1.54, 1.807) is 0 Å². The van der Waals surface area contributed by atoms with E-state index >= 15 is 0 Å². The Balaban J connectivity index is 1.80. The molecule has 4 nitrogen and oxygen atoms in total. The average Bonchev–Trinajstić information content (AvgIpc) is 2.56. The first kappa shape index (κ1) is 17.5. The Morgan fingerprint density at radius 2 is 1.83 bits per heavy atom. The second-order valence-electron chi connectivity index (χ2n) is 6.64. The van der Waals surface area contributed by atoms with Crippen molar-refractivity contribution in [2.24, 2.45) is 5.92 Å². The Hall–Kier alpha value is -1.84. The molecular weight excluding hydrogens is 288 g/mol. The number of rotatable bonds is 5. The van der Waals surface area contributed by atoms with E-state index in [0.717, 1.165) is 24.8 Å². The minimum Gasteiger partial charge on any atom is -0.353 e. The van der Waals surface area contributed by atoms with Crippen molar-refractivity contribution in [3.63, 3.8) is 0 Å². The number of nitrogens with zero attached hydrogens (tertiary/aromatic N) is 1. The fourth-order valence-electron chi connectivity index (χ4n) is 2.85. The van der Waals surface area contributed by atoms with Gasteiger partial charge in [0, 0.05) is 25.0 Å². The molecule has 1 heterocycles. The molecule has 1 fully saturated rings.